The van der Waals surface area contributed by atoms with Gasteiger partial charge in [-0.25, -0.2) is 9.07 Å². The molecule has 1 aromatic heterocycles. The number of aryl methyl sites for hydroxylation is 1. The van der Waals surface area contributed by atoms with Gasteiger partial charge < -0.3 is 4.90 Å². The van der Waals surface area contributed by atoms with E-state index in [0.29, 0.717) is 12.1 Å². The predicted molar refractivity (Wildman–Crippen MR) is 85.6 cm³/mol. The molecule has 0 saturated heterocycles. The van der Waals surface area contributed by atoms with Crippen molar-refractivity contribution in [3.63, 3.8) is 0 Å². The molecule has 2 aromatic rings. The van der Waals surface area contributed by atoms with E-state index in [-0.39, 0.29) is 29.5 Å². The van der Waals surface area contributed by atoms with E-state index in [9.17, 15) is 14.0 Å². The molecule has 1 aromatic carbocycles. The third kappa shape index (κ3) is 4.25. The first-order chi connectivity index (χ1) is 11.0. The molecule has 0 fully saturated rings. The SMILES string of the molecule is CCCCn1nc(C(=O)N(C)Cc2ccccc2F)ccc1=O. The minimum atomic E-state index is -0.354. The Hall–Kier alpha value is -2.50. The standard InChI is InChI=1S/C17H20FN3O2/c1-3-4-11-21-16(22)10-9-15(19-21)17(23)20(2)12-13-7-5-6-8-14(13)18/h5-10H,3-4,11-12H2,1-2H3. The summed E-state index contributed by atoms with van der Waals surface area (Å²) < 4.78 is 15.0. The molecular weight excluding hydrogens is 297 g/mol. The molecule has 0 aliphatic rings. The van der Waals surface area contributed by atoms with E-state index in [4.69, 9.17) is 0 Å². The molecule has 0 N–H and O–H groups in total. The Morgan fingerprint density at radius 2 is 2.00 bits per heavy atom. The summed E-state index contributed by atoms with van der Waals surface area (Å²) in [7, 11) is 1.58. The Bertz CT molecular complexity index is 743. The molecule has 0 radical (unpaired) electrons. The molecule has 0 bridgehead atoms. The van der Waals surface area contributed by atoms with E-state index in [1.165, 1.54) is 27.8 Å². The summed E-state index contributed by atoms with van der Waals surface area (Å²) in [6, 6.07) is 9.06. The molecule has 0 unspecified atom stereocenters. The Morgan fingerprint density at radius 1 is 1.26 bits per heavy atom. The average Bonchev–Trinajstić information content (AvgIpc) is 2.55. The van der Waals surface area contributed by atoms with Crippen LogP contribution in [0.25, 0.3) is 0 Å². The highest BCUT2D eigenvalue weighted by atomic mass is 19.1. The van der Waals surface area contributed by atoms with Gasteiger partial charge in [0.25, 0.3) is 11.5 Å². The minimum Gasteiger partial charge on any atom is -0.336 e. The number of benzene rings is 1. The maximum absolute atomic E-state index is 13.7. The fourth-order valence-corrected chi connectivity index (χ4v) is 2.18. The molecule has 0 aliphatic heterocycles. The molecule has 0 aliphatic carbocycles. The molecule has 0 atom stereocenters. The quantitative estimate of drug-likeness (QED) is 0.822. The normalized spacial score (nSPS) is 10.6. The highest BCUT2D eigenvalue weighted by Gasteiger charge is 2.16. The lowest BCUT2D eigenvalue weighted by Gasteiger charge is -2.17. The van der Waals surface area contributed by atoms with Gasteiger partial charge in [-0.3, -0.25) is 9.59 Å². The molecule has 6 heteroatoms. The summed E-state index contributed by atoms with van der Waals surface area (Å²) in [6.07, 6.45) is 1.75. The molecule has 0 spiro atoms. The van der Waals surface area contributed by atoms with Crippen LogP contribution in [0.5, 0.6) is 0 Å². The van der Waals surface area contributed by atoms with E-state index >= 15 is 0 Å². The van der Waals surface area contributed by atoms with Crippen LogP contribution >= 0.6 is 0 Å². The van der Waals surface area contributed by atoms with Crippen LogP contribution in [0.3, 0.4) is 0 Å². The zero-order valence-corrected chi connectivity index (χ0v) is 13.3. The number of unbranched alkanes of at least 4 members (excludes halogenated alkanes) is 1. The van der Waals surface area contributed by atoms with Crippen molar-refractivity contribution in [2.24, 2.45) is 0 Å². The molecule has 2 rings (SSSR count). The first-order valence-electron chi connectivity index (χ1n) is 7.60. The lowest BCUT2D eigenvalue weighted by atomic mass is 10.2. The van der Waals surface area contributed by atoms with Crippen LogP contribution in [0.4, 0.5) is 4.39 Å². The van der Waals surface area contributed by atoms with Gasteiger partial charge in [-0.2, -0.15) is 5.10 Å². The molecule has 23 heavy (non-hydrogen) atoms. The number of halogens is 1. The van der Waals surface area contributed by atoms with Crippen molar-refractivity contribution in [3.05, 3.63) is 63.8 Å². The van der Waals surface area contributed by atoms with Gasteiger partial charge in [0.15, 0.2) is 0 Å². The summed E-state index contributed by atoms with van der Waals surface area (Å²) >= 11 is 0. The van der Waals surface area contributed by atoms with Crippen molar-refractivity contribution in [3.8, 4) is 0 Å². The van der Waals surface area contributed by atoms with Gasteiger partial charge in [-0.15, -0.1) is 0 Å². The number of carbonyl (C=O) groups excluding carboxylic acids is 1. The van der Waals surface area contributed by atoms with Crippen LogP contribution in [-0.2, 0) is 13.1 Å². The largest absolute Gasteiger partial charge is 0.336 e. The second-order valence-electron chi connectivity index (χ2n) is 5.39. The highest BCUT2D eigenvalue weighted by Crippen LogP contribution is 2.10. The first kappa shape index (κ1) is 16.9. The van der Waals surface area contributed by atoms with Gasteiger partial charge in [-0.05, 0) is 18.6 Å². The zero-order valence-electron chi connectivity index (χ0n) is 13.3. The van der Waals surface area contributed by atoms with Gasteiger partial charge >= 0.3 is 0 Å². The number of rotatable bonds is 6. The summed E-state index contributed by atoms with van der Waals surface area (Å²) in [5.41, 5.74) is 0.383. The average molecular weight is 317 g/mol. The van der Waals surface area contributed by atoms with E-state index in [2.05, 4.69) is 5.10 Å². The molecular formula is C17H20FN3O2. The zero-order chi connectivity index (χ0) is 16.8. The summed E-state index contributed by atoms with van der Waals surface area (Å²) in [4.78, 5) is 25.5. The summed E-state index contributed by atoms with van der Waals surface area (Å²) in [5.74, 6) is -0.702. The smallest absolute Gasteiger partial charge is 0.274 e. The van der Waals surface area contributed by atoms with Gasteiger partial charge in [0.2, 0.25) is 0 Å². The third-order valence-electron chi connectivity index (χ3n) is 3.52. The van der Waals surface area contributed by atoms with E-state index in [1.807, 2.05) is 6.92 Å². The topological polar surface area (TPSA) is 55.2 Å². The second kappa shape index (κ2) is 7.67. The second-order valence-corrected chi connectivity index (χ2v) is 5.39. The Balaban J connectivity index is 2.16. The Kier molecular flexibility index (Phi) is 5.62. The lowest BCUT2D eigenvalue weighted by Crippen LogP contribution is -2.31. The number of hydrogen-bond acceptors (Lipinski definition) is 3. The minimum absolute atomic E-state index is 0.140. The molecule has 1 amide bonds. The Labute approximate surface area is 134 Å². The van der Waals surface area contributed by atoms with Crippen LogP contribution in [-0.4, -0.2) is 27.6 Å². The van der Waals surface area contributed by atoms with E-state index < -0.39 is 0 Å². The fourth-order valence-electron chi connectivity index (χ4n) is 2.18. The van der Waals surface area contributed by atoms with Crippen molar-refractivity contribution < 1.29 is 9.18 Å². The number of carbonyl (C=O) groups is 1. The van der Waals surface area contributed by atoms with Crippen LogP contribution in [0.1, 0.15) is 35.8 Å². The van der Waals surface area contributed by atoms with Crippen molar-refractivity contribution in [2.45, 2.75) is 32.9 Å². The molecule has 0 saturated carbocycles. The van der Waals surface area contributed by atoms with E-state index in [1.54, 1.807) is 25.2 Å². The number of hydrogen-bond donors (Lipinski definition) is 0. The van der Waals surface area contributed by atoms with Crippen molar-refractivity contribution in [1.29, 1.82) is 0 Å². The maximum Gasteiger partial charge on any atom is 0.274 e. The number of amides is 1. The van der Waals surface area contributed by atoms with Crippen molar-refractivity contribution >= 4 is 5.91 Å². The van der Waals surface area contributed by atoms with Crippen LogP contribution < -0.4 is 5.56 Å². The third-order valence-corrected chi connectivity index (χ3v) is 3.52. The fraction of sp³-hybridized carbons (Fsp3) is 0.353. The lowest BCUT2D eigenvalue weighted by molar-refractivity contribution is 0.0775. The van der Waals surface area contributed by atoms with Crippen LogP contribution in [0.2, 0.25) is 0 Å². The number of nitrogens with zero attached hydrogens (tertiary/aromatic N) is 3. The van der Waals surface area contributed by atoms with Gasteiger partial charge in [-0.1, -0.05) is 31.5 Å². The summed E-state index contributed by atoms with van der Waals surface area (Å²) in [6.45, 7) is 2.64. The Morgan fingerprint density at radius 3 is 2.70 bits per heavy atom. The maximum atomic E-state index is 13.7. The van der Waals surface area contributed by atoms with Crippen LogP contribution in [0.15, 0.2) is 41.2 Å². The van der Waals surface area contributed by atoms with Gasteiger partial charge in [0.1, 0.15) is 11.5 Å². The monoisotopic (exact) mass is 317 g/mol. The molecule has 5 nitrogen and oxygen atoms in total. The van der Waals surface area contributed by atoms with Gasteiger partial charge in [0.05, 0.1) is 0 Å². The summed E-state index contributed by atoms with van der Waals surface area (Å²) in [5, 5.41) is 4.11. The highest BCUT2D eigenvalue weighted by molar-refractivity contribution is 5.91. The van der Waals surface area contributed by atoms with Crippen molar-refractivity contribution in [1.82, 2.24) is 14.7 Å². The first-order valence-corrected chi connectivity index (χ1v) is 7.60. The number of aromatic nitrogens is 2. The molecule has 122 valence electrons. The molecule has 1 heterocycles. The van der Waals surface area contributed by atoms with E-state index in [0.717, 1.165) is 12.8 Å². The van der Waals surface area contributed by atoms with Crippen molar-refractivity contribution in [2.75, 3.05) is 7.05 Å². The van der Waals surface area contributed by atoms with Crippen LogP contribution in [0, 0.1) is 5.82 Å². The van der Waals surface area contributed by atoms with Gasteiger partial charge in [0, 0.05) is 31.8 Å². The predicted octanol–water partition coefficient (Wildman–Crippen LogP) is 2.45.